The molecular weight excluding hydrogens is 179 g/mol. The largest absolute Gasteiger partial charge is 0.465 e. The zero-order valence-electron chi connectivity index (χ0n) is 6.80. The van der Waals surface area contributed by atoms with Gasteiger partial charge in [-0.3, -0.25) is 0 Å². The number of carboxylic acid groups (broad SMARTS) is 1. The first-order valence-electron chi connectivity index (χ1n) is 3.79. The maximum Gasteiger partial charge on any atom is 0.407 e. The van der Waals surface area contributed by atoms with E-state index < -0.39 is 18.3 Å². The number of azide groups is 1. The van der Waals surface area contributed by atoms with Gasteiger partial charge in [0, 0.05) is 11.5 Å². The molecule has 0 saturated carbocycles. The van der Waals surface area contributed by atoms with Crippen LogP contribution in [0.15, 0.2) is 5.11 Å². The smallest absolute Gasteiger partial charge is 0.407 e. The highest BCUT2D eigenvalue weighted by Gasteiger charge is 2.28. The maximum atomic E-state index is 12.9. The molecule has 0 radical (unpaired) electrons. The molecule has 0 aromatic rings. The van der Waals surface area contributed by atoms with Crippen molar-refractivity contribution in [2.45, 2.75) is 18.6 Å². The summed E-state index contributed by atoms with van der Waals surface area (Å²) in [6, 6.07) is -0.579. The Bertz CT molecular complexity index is 243. The molecule has 6 nitrogen and oxygen atoms in total. The highest BCUT2D eigenvalue weighted by molar-refractivity contribution is 5.65. The van der Waals surface area contributed by atoms with Crippen molar-refractivity contribution >= 4 is 6.09 Å². The summed E-state index contributed by atoms with van der Waals surface area (Å²) >= 11 is 0. The molecule has 0 spiro atoms. The van der Waals surface area contributed by atoms with Crippen molar-refractivity contribution < 1.29 is 14.3 Å². The fourth-order valence-corrected chi connectivity index (χ4v) is 1.33. The van der Waals surface area contributed by atoms with Crippen LogP contribution in [0.4, 0.5) is 9.18 Å². The molecule has 1 heterocycles. The SMILES string of the molecule is [N-]=[N+]=N[C@H]1C[C@H](F)CN(C(=O)O)C1. The van der Waals surface area contributed by atoms with E-state index in [-0.39, 0.29) is 19.5 Å². The quantitative estimate of drug-likeness (QED) is 0.382. The van der Waals surface area contributed by atoms with Crippen LogP contribution in [0.2, 0.25) is 0 Å². The molecule has 0 bridgehead atoms. The molecule has 1 amide bonds. The summed E-state index contributed by atoms with van der Waals surface area (Å²) in [7, 11) is 0. The summed E-state index contributed by atoms with van der Waals surface area (Å²) in [4.78, 5) is 13.9. The molecule has 7 heteroatoms. The van der Waals surface area contributed by atoms with Crippen LogP contribution in [-0.2, 0) is 0 Å². The predicted octanol–water partition coefficient (Wildman–Crippen LogP) is 1.39. The Morgan fingerprint density at radius 3 is 2.92 bits per heavy atom. The van der Waals surface area contributed by atoms with Gasteiger partial charge in [0.2, 0.25) is 0 Å². The van der Waals surface area contributed by atoms with Crippen LogP contribution in [-0.4, -0.2) is 41.4 Å². The lowest BCUT2D eigenvalue weighted by atomic mass is 10.1. The van der Waals surface area contributed by atoms with Crippen LogP contribution >= 0.6 is 0 Å². The second-order valence-corrected chi connectivity index (χ2v) is 2.88. The Hall–Kier alpha value is -1.49. The Morgan fingerprint density at radius 1 is 1.69 bits per heavy atom. The van der Waals surface area contributed by atoms with Gasteiger partial charge in [-0.2, -0.15) is 0 Å². The van der Waals surface area contributed by atoms with E-state index in [2.05, 4.69) is 10.0 Å². The van der Waals surface area contributed by atoms with Crippen LogP contribution in [0.25, 0.3) is 10.4 Å². The minimum atomic E-state index is -1.24. The summed E-state index contributed by atoms with van der Waals surface area (Å²) in [5.41, 5.74) is 8.10. The monoisotopic (exact) mass is 188 g/mol. The average molecular weight is 188 g/mol. The van der Waals surface area contributed by atoms with E-state index >= 15 is 0 Å². The van der Waals surface area contributed by atoms with Crippen molar-refractivity contribution in [3.05, 3.63) is 10.4 Å². The third-order valence-electron chi connectivity index (χ3n) is 1.86. The van der Waals surface area contributed by atoms with E-state index in [0.717, 1.165) is 4.90 Å². The first-order valence-corrected chi connectivity index (χ1v) is 3.79. The van der Waals surface area contributed by atoms with Crippen LogP contribution in [0.1, 0.15) is 6.42 Å². The minimum absolute atomic E-state index is 0.0831. The van der Waals surface area contributed by atoms with Gasteiger partial charge in [-0.15, -0.1) is 0 Å². The number of hydrogen-bond acceptors (Lipinski definition) is 2. The lowest BCUT2D eigenvalue weighted by molar-refractivity contribution is 0.0992. The molecule has 1 aliphatic heterocycles. The number of hydrogen-bond donors (Lipinski definition) is 1. The van der Waals surface area contributed by atoms with E-state index in [9.17, 15) is 9.18 Å². The van der Waals surface area contributed by atoms with Crippen LogP contribution in [0.5, 0.6) is 0 Å². The summed E-state index contributed by atoms with van der Waals surface area (Å²) in [5, 5.41) is 11.9. The van der Waals surface area contributed by atoms with E-state index in [0.29, 0.717) is 0 Å². The van der Waals surface area contributed by atoms with E-state index in [1.54, 1.807) is 0 Å². The van der Waals surface area contributed by atoms with Gasteiger partial charge in [-0.25, -0.2) is 9.18 Å². The molecule has 0 aromatic heterocycles. The molecule has 1 saturated heterocycles. The van der Waals surface area contributed by atoms with Crippen LogP contribution in [0, 0.1) is 0 Å². The second kappa shape index (κ2) is 3.95. The third kappa shape index (κ3) is 2.48. The lowest BCUT2D eigenvalue weighted by Gasteiger charge is -2.30. The molecule has 1 aliphatic rings. The maximum absolute atomic E-state index is 12.9. The number of likely N-dealkylation sites (tertiary alicyclic amines) is 1. The molecule has 13 heavy (non-hydrogen) atoms. The third-order valence-corrected chi connectivity index (χ3v) is 1.86. The van der Waals surface area contributed by atoms with Crippen LogP contribution < -0.4 is 0 Å². The highest BCUT2D eigenvalue weighted by Crippen LogP contribution is 2.16. The van der Waals surface area contributed by atoms with Gasteiger partial charge in [0.15, 0.2) is 0 Å². The predicted molar refractivity (Wildman–Crippen MR) is 42.0 cm³/mol. The molecule has 1 rings (SSSR count). The summed E-state index contributed by atoms with van der Waals surface area (Å²) in [5.74, 6) is 0. The molecule has 1 fully saturated rings. The first-order chi connectivity index (χ1) is 6.13. The van der Waals surface area contributed by atoms with Gasteiger partial charge in [-0.05, 0) is 12.0 Å². The number of rotatable bonds is 1. The van der Waals surface area contributed by atoms with Gasteiger partial charge in [-0.1, -0.05) is 5.11 Å². The van der Waals surface area contributed by atoms with Gasteiger partial charge in [0.05, 0.1) is 12.6 Å². The van der Waals surface area contributed by atoms with Crippen molar-refractivity contribution in [2.75, 3.05) is 13.1 Å². The zero-order chi connectivity index (χ0) is 9.84. The Morgan fingerprint density at radius 2 is 2.38 bits per heavy atom. The fraction of sp³-hybridized carbons (Fsp3) is 0.833. The number of alkyl halides is 1. The number of amides is 1. The molecule has 1 N–H and O–H groups in total. The van der Waals surface area contributed by atoms with Gasteiger partial charge >= 0.3 is 6.09 Å². The summed E-state index contributed by atoms with van der Waals surface area (Å²) in [6.07, 6.45) is -2.31. The number of carbonyl (C=O) groups is 1. The Balaban J connectivity index is 2.62. The van der Waals surface area contributed by atoms with Gasteiger partial charge < -0.3 is 10.0 Å². The topological polar surface area (TPSA) is 89.3 Å². The Kier molecular flexibility index (Phi) is 2.92. The number of piperidine rings is 1. The van der Waals surface area contributed by atoms with Crippen molar-refractivity contribution in [3.63, 3.8) is 0 Å². The van der Waals surface area contributed by atoms with Crippen molar-refractivity contribution in [1.82, 2.24) is 4.90 Å². The van der Waals surface area contributed by atoms with Crippen molar-refractivity contribution in [1.29, 1.82) is 0 Å². The van der Waals surface area contributed by atoms with E-state index in [1.807, 2.05) is 0 Å². The summed E-state index contributed by atoms with van der Waals surface area (Å²) in [6.45, 7) is -0.0490. The highest BCUT2D eigenvalue weighted by atomic mass is 19.1. The molecule has 0 unspecified atom stereocenters. The second-order valence-electron chi connectivity index (χ2n) is 2.88. The Labute approximate surface area is 73.6 Å². The first kappa shape index (κ1) is 9.60. The molecule has 72 valence electrons. The molecular formula is C6H9FN4O2. The van der Waals surface area contributed by atoms with E-state index in [1.165, 1.54) is 0 Å². The van der Waals surface area contributed by atoms with Crippen molar-refractivity contribution in [2.24, 2.45) is 5.11 Å². The van der Waals surface area contributed by atoms with Gasteiger partial charge in [0.25, 0.3) is 0 Å². The lowest BCUT2D eigenvalue weighted by Crippen LogP contribution is -2.45. The van der Waals surface area contributed by atoms with E-state index in [4.69, 9.17) is 10.6 Å². The standard InChI is InChI=1S/C6H9FN4O2/c7-4-1-5(9-10-8)3-11(2-4)6(12)13/h4-5H,1-3H2,(H,12,13)/t4-,5-/m0/s1. The van der Waals surface area contributed by atoms with Crippen molar-refractivity contribution in [3.8, 4) is 0 Å². The number of nitrogens with zero attached hydrogens (tertiary/aromatic N) is 4. The average Bonchev–Trinajstić information content (AvgIpc) is 2.03. The molecule has 0 aromatic carbocycles. The van der Waals surface area contributed by atoms with Gasteiger partial charge in [0.1, 0.15) is 6.17 Å². The zero-order valence-corrected chi connectivity index (χ0v) is 6.80. The van der Waals surface area contributed by atoms with Crippen LogP contribution in [0.3, 0.4) is 0 Å². The number of halogens is 1. The summed E-state index contributed by atoms with van der Waals surface area (Å²) < 4.78 is 12.9. The molecule has 2 atom stereocenters. The minimum Gasteiger partial charge on any atom is -0.465 e. The molecule has 0 aliphatic carbocycles. The normalized spacial score (nSPS) is 27.9. The fourth-order valence-electron chi connectivity index (χ4n) is 1.33.